The zero-order valence-electron chi connectivity index (χ0n) is 32.3. The van der Waals surface area contributed by atoms with Crippen molar-refractivity contribution in [3.63, 3.8) is 0 Å². The summed E-state index contributed by atoms with van der Waals surface area (Å²) < 4.78 is 11.3. The molecule has 0 bridgehead atoms. The van der Waals surface area contributed by atoms with Gasteiger partial charge in [-0.15, -0.1) is 0 Å². The Labute approximate surface area is 338 Å². The van der Waals surface area contributed by atoms with Crippen LogP contribution in [0, 0.1) is 13.8 Å². The van der Waals surface area contributed by atoms with Gasteiger partial charge >= 0.3 is 11.9 Å². The molecule has 0 atom stereocenters. The summed E-state index contributed by atoms with van der Waals surface area (Å²) in [5.41, 5.74) is 10.3. The Kier molecular flexibility index (Phi) is 10.4. The third-order valence-electron chi connectivity index (χ3n) is 10.2. The average molecular weight is 757 g/mol. The lowest BCUT2D eigenvalue weighted by atomic mass is 9.98. The Morgan fingerprint density at radius 1 is 0.431 bits per heavy atom. The van der Waals surface area contributed by atoms with E-state index in [0.29, 0.717) is 11.5 Å². The molecule has 58 heavy (non-hydrogen) atoms. The largest absolute Gasteiger partial charge is 0.423 e. The molecule has 0 heterocycles. The Morgan fingerprint density at radius 2 is 0.810 bits per heavy atom. The zero-order valence-corrected chi connectivity index (χ0v) is 32.3. The van der Waals surface area contributed by atoms with Crippen LogP contribution in [0.4, 0.5) is 34.1 Å². The monoisotopic (exact) mass is 756 g/mol. The van der Waals surface area contributed by atoms with E-state index in [1.807, 2.05) is 84.9 Å². The number of benzene rings is 8. The number of nitrogens with zero attached hydrogens (tertiary/aromatic N) is 2. The molecule has 0 spiro atoms. The molecule has 6 nitrogen and oxygen atoms in total. The molecule has 8 rings (SSSR count). The molecule has 282 valence electrons. The van der Waals surface area contributed by atoms with E-state index in [2.05, 4.69) is 110 Å². The molecule has 0 aliphatic rings. The third kappa shape index (κ3) is 7.22. The summed E-state index contributed by atoms with van der Waals surface area (Å²) in [6.07, 6.45) is 2.34. The van der Waals surface area contributed by atoms with E-state index in [1.54, 1.807) is 12.1 Å². The van der Waals surface area contributed by atoms with Gasteiger partial charge in [-0.3, -0.25) is 0 Å². The summed E-state index contributed by atoms with van der Waals surface area (Å²) in [5.74, 6) is -0.0474. The van der Waals surface area contributed by atoms with Crippen LogP contribution in [0.15, 0.2) is 195 Å². The fourth-order valence-electron chi connectivity index (χ4n) is 7.54. The minimum Gasteiger partial charge on any atom is -0.423 e. The number of carbonyl (C=O) groups excluding carboxylic acids is 2. The first-order valence-electron chi connectivity index (χ1n) is 19.0. The van der Waals surface area contributed by atoms with Crippen molar-refractivity contribution in [2.24, 2.45) is 0 Å². The fourth-order valence-corrected chi connectivity index (χ4v) is 7.54. The second kappa shape index (κ2) is 16.2. The second-order valence-corrected chi connectivity index (χ2v) is 13.9. The molecule has 8 aromatic carbocycles. The maximum absolute atomic E-state index is 12.2. The molecule has 0 N–H and O–H groups in total. The number of aryl methyl sites for hydroxylation is 2. The summed E-state index contributed by atoms with van der Waals surface area (Å²) in [5, 5.41) is 3.54. The first-order chi connectivity index (χ1) is 28.3. The van der Waals surface area contributed by atoms with E-state index in [9.17, 15) is 9.59 Å². The molecule has 0 saturated carbocycles. The maximum atomic E-state index is 12.2. The maximum Gasteiger partial charge on any atom is 0.335 e. The van der Waals surface area contributed by atoms with Gasteiger partial charge < -0.3 is 19.3 Å². The summed E-state index contributed by atoms with van der Waals surface area (Å²) in [6, 6.07) is 57.3. The van der Waals surface area contributed by atoms with Crippen LogP contribution in [0.25, 0.3) is 32.7 Å². The molecule has 0 saturated heterocycles. The highest BCUT2D eigenvalue weighted by atomic mass is 16.5. The van der Waals surface area contributed by atoms with E-state index in [4.69, 9.17) is 9.47 Å². The molecule has 6 heteroatoms. The molecule has 0 aromatic heterocycles. The van der Waals surface area contributed by atoms with Gasteiger partial charge in [-0.05, 0) is 109 Å². The molecule has 0 fully saturated rings. The topological polar surface area (TPSA) is 59.1 Å². The summed E-state index contributed by atoms with van der Waals surface area (Å²) >= 11 is 0. The number of esters is 2. The van der Waals surface area contributed by atoms with Crippen molar-refractivity contribution in [3.05, 3.63) is 206 Å². The number of anilines is 6. The van der Waals surface area contributed by atoms with Gasteiger partial charge in [0, 0.05) is 56.4 Å². The fraction of sp³-hybridized carbons (Fsp3) is 0.0385. The van der Waals surface area contributed by atoms with Gasteiger partial charge in [0.25, 0.3) is 0 Å². The first-order valence-corrected chi connectivity index (χ1v) is 19.0. The van der Waals surface area contributed by atoms with Crippen molar-refractivity contribution in [3.8, 4) is 22.6 Å². The van der Waals surface area contributed by atoms with Gasteiger partial charge in [0.15, 0.2) is 0 Å². The van der Waals surface area contributed by atoms with Crippen LogP contribution in [-0.4, -0.2) is 11.9 Å². The third-order valence-corrected chi connectivity index (χ3v) is 10.2. The lowest BCUT2D eigenvalue weighted by Crippen LogP contribution is -2.12. The van der Waals surface area contributed by atoms with Gasteiger partial charge in [-0.25, -0.2) is 9.59 Å². The van der Waals surface area contributed by atoms with Crippen LogP contribution >= 0.6 is 0 Å². The highest BCUT2D eigenvalue weighted by Gasteiger charge is 2.21. The standard InChI is InChI=1S/C52H40N2O4/c1-5-51(55)57-49-27-15-21-41-43(49)23-13-25-47(41)53(39-17-9-7-10-18-39)45-31-29-37(33-35(45)3)38-30-32-46(36(4)34-38)54(40-19-11-8-12-20-40)48-26-14-24-44-42(48)22-16-28-50(44)58-52(56)6-2/h5-34H,1-2H2,3-4H3. The quantitative estimate of drug-likeness (QED) is 0.0744. The molecular formula is C52H40N2O4. The number of carbonyl (C=O) groups is 2. The van der Waals surface area contributed by atoms with Gasteiger partial charge in [0.2, 0.25) is 0 Å². The molecule has 8 aromatic rings. The van der Waals surface area contributed by atoms with E-state index in [1.165, 1.54) is 12.2 Å². The number of hydrogen-bond donors (Lipinski definition) is 0. The predicted molar refractivity (Wildman–Crippen MR) is 237 cm³/mol. The molecule has 0 unspecified atom stereocenters. The van der Waals surface area contributed by atoms with Gasteiger partial charge in [-0.1, -0.05) is 110 Å². The van der Waals surface area contributed by atoms with Crippen molar-refractivity contribution in [2.45, 2.75) is 13.8 Å². The minimum absolute atomic E-state index is 0.480. The summed E-state index contributed by atoms with van der Waals surface area (Å²) in [7, 11) is 0. The number of rotatable bonds is 11. The summed E-state index contributed by atoms with van der Waals surface area (Å²) in [4.78, 5) is 28.9. The van der Waals surface area contributed by atoms with E-state index >= 15 is 0 Å². The number of fused-ring (bicyclic) bond motifs is 2. The van der Waals surface area contributed by atoms with Crippen molar-refractivity contribution in [2.75, 3.05) is 9.80 Å². The number of ether oxygens (including phenoxy) is 2. The SMILES string of the molecule is C=CC(=O)Oc1cccc2c(N(c3ccccc3)c3ccc(-c4ccc(N(c5ccccc5)c5cccc6c(OC(=O)C=C)cccc56)c(C)c4)cc3C)cccc12. The van der Waals surface area contributed by atoms with Crippen molar-refractivity contribution >= 4 is 67.6 Å². The molecular weight excluding hydrogens is 717 g/mol. The van der Waals surface area contributed by atoms with E-state index in [0.717, 1.165) is 77.9 Å². The van der Waals surface area contributed by atoms with Gasteiger partial charge in [0.05, 0.1) is 11.4 Å². The van der Waals surface area contributed by atoms with E-state index in [-0.39, 0.29) is 0 Å². The molecule has 0 aliphatic carbocycles. The highest BCUT2D eigenvalue weighted by molar-refractivity contribution is 6.04. The smallest absolute Gasteiger partial charge is 0.335 e. The first kappa shape index (κ1) is 37.2. The van der Waals surface area contributed by atoms with Crippen LogP contribution in [0.5, 0.6) is 11.5 Å². The Hall–Kier alpha value is -7.70. The van der Waals surface area contributed by atoms with Crippen molar-refractivity contribution in [1.82, 2.24) is 0 Å². The van der Waals surface area contributed by atoms with Crippen molar-refractivity contribution < 1.29 is 19.1 Å². The summed E-state index contributed by atoms with van der Waals surface area (Å²) in [6.45, 7) is 11.4. The Morgan fingerprint density at radius 3 is 1.19 bits per heavy atom. The van der Waals surface area contributed by atoms with Crippen LogP contribution < -0.4 is 19.3 Å². The van der Waals surface area contributed by atoms with Crippen LogP contribution in [-0.2, 0) is 9.59 Å². The Balaban J connectivity index is 1.20. The van der Waals surface area contributed by atoms with Crippen LogP contribution in [0.3, 0.4) is 0 Å². The minimum atomic E-state index is -0.504. The number of para-hydroxylation sites is 2. The van der Waals surface area contributed by atoms with Gasteiger partial charge in [-0.2, -0.15) is 0 Å². The normalized spacial score (nSPS) is 10.9. The van der Waals surface area contributed by atoms with Gasteiger partial charge in [0.1, 0.15) is 11.5 Å². The van der Waals surface area contributed by atoms with Crippen LogP contribution in [0.2, 0.25) is 0 Å². The lowest BCUT2D eigenvalue weighted by molar-refractivity contribution is -0.129. The van der Waals surface area contributed by atoms with Crippen molar-refractivity contribution in [1.29, 1.82) is 0 Å². The number of hydrogen-bond acceptors (Lipinski definition) is 6. The average Bonchev–Trinajstić information content (AvgIpc) is 3.26. The molecule has 0 amide bonds. The lowest BCUT2D eigenvalue weighted by Gasteiger charge is -2.29. The second-order valence-electron chi connectivity index (χ2n) is 13.9. The predicted octanol–water partition coefficient (Wildman–Crippen LogP) is 13.4. The Bertz CT molecular complexity index is 2650. The molecule has 0 radical (unpaired) electrons. The van der Waals surface area contributed by atoms with E-state index < -0.39 is 11.9 Å². The highest BCUT2D eigenvalue weighted by Crippen LogP contribution is 2.45. The van der Waals surface area contributed by atoms with Crippen LogP contribution in [0.1, 0.15) is 11.1 Å². The zero-order chi connectivity index (χ0) is 40.2. The molecule has 0 aliphatic heterocycles.